The number of hydrogen-bond donors (Lipinski definition) is 1. The smallest absolute Gasteiger partial charge is 0.410 e. The zero-order chi connectivity index (χ0) is 13.2. The minimum absolute atomic E-state index is 0.180. The van der Waals surface area contributed by atoms with Crippen molar-refractivity contribution < 1.29 is 14.3 Å². The minimum Gasteiger partial charge on any atom is -0.444 e. The Hall–Kier alpha value is -0.810. The summed E-state index contributed by atoms with van der Waals surface area (Å²) in [5.41, 5.74) is -0.433. The third-order valence-corrected chi connectivity index (χ3v) is 3.34. The van der Waals surface area contributed by atoms with Crippen LogP contribution in [0, 0.1) is 0 Å². The lowest BCUT2D eigenvalue weighted by molar-refractivity contribution is -0.0252. The van der Waals surface area contributed by atoms with Crippen molar-refractivity contribution in [3.8, 4) is 0 Å². The molecule has 2 rings (SSSR count). The number of ether oxygens (including phenoxy) is 2. The van der Waals surface area contributed by atoms with Crippen LogP contribution in [-0.2, 0) is 9.47 Å². The highest BCUT2D eigenvalue weighted by atomic mass is 16.6. The second-order valence-electron chi connectivity index (χ2n) is 6.04. The Kier molecular flexibility index (Phi) is 4.12. The van der Waals surface area contributed by atoms with Crippen molar-refractivity contribution in [1.29, 1.82) is 0 Å². The van der Waals surface area contributed by atoms with E-state index in [2.05, 4.69) is 5.32 Å². The van der Waals surface area contributed by atoms with E-state index in [4.69, 9.17) is 9.47 Å². The van der Waals surface area contributed by atoms with Gasteiger partial charge in [-0.2, -0.15) is 0 Å². The number of amides is 1. The molecule has 0 spiro atoms. The van der Waals surface area contributed by atoms with Crippen LogP contribution in [0.1, 0.15) is 33.6 Å². The van der Waals surface area contributed by atoms with Crippen LogP contribution in [0.5, 0.6) is 0 Å². The summed E-state index contributed by atoms with van der Waals surface area (Å²) in [5.74, 6) is 0. The lowest BCUT2D eigenvalue weighted by Crippen LogP contribution is -2.63. The zero-order valence-corrected chi connectivity index (χ0v) is 11.6. The Morgan fingerprint density at radius 1 is 1.22 bits per heavy atom. The van der Waals surface area contributed by atoms with E-state index >= 15 is 0 Å². The summed E-state index contributed by atoms with van der Waals surface area (Å²) in [6.07, 6.45) is 1.65. The largest absolute Gasteiger partial charge is 0.444 e. The number of nitrogens with one attached hydrogen (secondary N) is 1. The topological polar surface area (TPSA) is 50.8 Å². The molecule has 0 aromatic rings. The van der Waals surface area contributed by atoms with Gasteiger partial charge in [0.05, 0.1) is 6.04 Å². The maximum atomic E-state index is 12.3. The average molecular weight is 256 g/mol. The van der Waals surface area contributed by atoms with E-state index in [0.29, 0.717) is 0 Å². The summed E-state index contributed by atoms with van der Waals surface area (Å²) in [4.78, 5) is 14.3. The van der Waals surface area contributed by atoms with Crippen molar-refractivity contribution in [3.63, 3.8) is 0 Å². The molecule has 5 heteroatoms. The van der Waals surface area contributed by atoms with Gasteiger partial charge in [0.1, 0.15) is 5.60 Å². The van der Waals surface area contributed by atoms with Gasteiger partial charge in [-0.15, -0.1) is 0 Å². The van der Waals surface area contributed by atoms with Crippen LogP contribution in [0.25, 0.3) is 0 Å². The van der Waals surface area contributed by atoms with E-state index in [-0.39, 0.29) is 18.2 Å². The molecule has 2 fully saturated rings. The van der Waals surface area contributed by atoms with E-state index in [0.717, 1.165) is 39.1 Å². The van der Waals surface area contributed by atoms with E-state index in [1.165, 1.54) is 0 Å². The van der Waals surface area contributed by atoms with Crippen LogP contribution < -0.4 is 5.32 Å². The van der Waals surface area contributed by atoms with Gasteiger partial charge in [0.15, 0.2) is 0 Å². The van der Waals surface area contributed by atoms with Gasteiger partial charge >= 0.3 is 6.09 Å². The molecular formula is C13H24N2O3. The Bertz CT molecular complexity index is 291. The maximum Gasteiger partial charge on any atom is 0.410 e. The second kappa shape index (κ2) is 5.45. The molecule has 104 valence electrons. The van der Waals surface area contributed by atoms with Crippen LogP contribution in [-0.4, -0.2) is 55.0 Å². The lowest BCUT2D eigenvalue weighted by atomic mass is 10.0. The van der Waals surface area contributed by atoms with Crippen molar-refractivity contribution in [2.45, 2.75) is 51.3 Å². The summed E-state index contributed by atoms with van der Waals surface area (Å²) in [7, 11) is 0. The highest BCUT2D eigenvalue weighted by Gasteiger charge is 2.37. The number of carbonyl (C=O) groups excluding carboxylic acids is 1. The predicted octanol–water partition coefficient (Wildman–Crippen LogP) is 1.37. The van der Waals surface area contributed by atoms with E-state index in [9.17, 15) is 4.79 Å². The summed E-state index contributed by atoms with van der Waals surface area (Å²) >= 11 is 0. The summed E-state index contributed by atoms with van der Waals surface area (Å²) in [5, 5.41) is 3.22. The molecule has 0 bridgehead atoms. The Morgan fingerprint density at radius 3 is 2.28 bits per heavy atom. The first-order valence-corrected chi connectivity index (χ1v) is 6.77. The van der Waals surface area contributed by atoms with E-state index in [1.54, 1.807) is 0 Å². The van der Waals surface area contributed by atoms with Gasteiger partial charge in [-0.3, -0.25) is 4.90 Å². The number of rotatable bonds is 2. The fourth-order valence-corrected chi connectivity index (χ4v) is 2.34. The SMILES string of the molecule is CC(C)(C)OC(=O)N(C1CCOCC1)C1CNC1. The molecule has 0 aromatic heterocycles. The highest BCUT2D eigenvalue weighted by molar-refractivity contribution is 5.69. The maximum absolute atomic E-state index is 12.3. The van der Waals surface area contributed by atoms with Gasteiger partial charge in [-0.05, 0) is 33.6 Å². The normalized spacial score (nSPS) is 22.4. The van der Waals surface area contributed by atoms with Crippen LogP contribution >= 0.6 is 0 Å². The molecule has 0 unspecified atom stereocenters. The molecule has 0 aliphatic carbocycles. The molecule has 2 saturated heterocycles. The molecule has 2 heterocycles. The van der Waals surface area contributed by atoms with Crippen molar-refractivity contribution in [1.82, 2.24) is 10.2 Å². The standard InChI is InChI=1S/C13H24N2O3/c1-13(2,3)18-12(16)15(11-8-14-9-11)10-4-6-17-7-5-10/h10-11,14H,4-9H2,1-3H3. The van der Waals surface area contributed by atoms with Gasteiger partial charge < -0.3 is 14.8 Å². The molecule has 0 atom stereocenters. The van der Waals surface area contributed by atoms with Gasteiger partial charge in [-0.25, -0.2) is 4.79 Å². The monoisotopic (exact) mass is 256 g/mol. The molecule has 18 heavy (non-hydrogen) atoms. The quantitative estimate of drug-likeness (QED) is 0.811. The van der Waals surface area contributed by atoms with Gasteiger partial charge in [0, 0.05) is 32.3 Å². The molecular weight excluding hydrogens is 232 g/mol. The first-order valence-electron chi connectivity index (χ1n) is 6.77. The molecule has 1 N–H and O–H groups in total. The molecule has 5 nitrogen and oxygen atoms in total. The van der Waals surface area contributed by atoms with Gasteiger partial charge in [-0.1, -0.05) is 0 Å². The second-order valence-corrected chi connectivity index (χ2v) is 6.04. The van der Waals surface area contributed by atoms with Gasteiger partial charge in [0.2, 0.25) is 0 Å². The van der Waals surface area contributed by atoms with Crippen LogP contribution in [0.2, 0.25) is 0 Å². The fraction of sp³-hybridized carbons (Fsp3) is 0.923. The fourth-order valence-electron chi connectivity index (χ4n) is 2.34. The van der Waals surface area contributed by atoms with Crippen molar-refractivity contribution in [3.05, 3.63) is 0 Å². The van der Waals surface area contributed by atoms with Crippen molar-refractivity contribution in [2.24, 2.45) is 0 Å². The molecule has 0 aromatic carbocycles. The predicted molar refractivity (Wildman–Crippen MR) is 68.6 cm³/mol. The summed E-state index contributed by atoms with van der Waals surface area (Å²) < 4.78 is 10.9. The zero-order valence-electron chi connectivity index (χ0n) is 11.6. The third kappa shape index (κ3) is 3.36. The Balaban J connectivity index is 2.01. The number of hydrogen-bond acceptors (Lipinski definition) is 4. The van der Waals surface area contributed by atoms with Crippen molar-refractivity contribution in [2.75, 3.05) is 26.3 Å². The summed E-state index contributed by atoms with van der Waals surface area (Å²) in [6.45, 7) is 8.95. The van der Waals surface area contributed by atoms with Crippen molar-refractivity contribution >= 4 is 6.09 Å². The molecule has 0 radical (unpaired) electrons. The van der Waals surface area contributed by atoms with Crippen LogP contribution in [0.3, 0.4) is 0 Å². The Morgan fingerprint density at radius 2 is 1.83 bits per heavy atom. The van der Waals surface area contributed by atoms with Gasteiger partial charge in [0.25, 0.3) is 0 Å². The lowest BCUT2D eigenvalue weighted by Gasteiger charge is -2.44. The minimum atomic E-state index is -0.433. The summed E-state index contributed by atoms with van der Waals surface area (Å²) in [6, 6.07) is 0.545. The molecule has 2 aliphatic heterocycles. The van der Waals surface area contributed by atoms with E-state index in [1.807, 2.05) is 25.7 Å². The number of carbonyl (C=O) groups is 1. The molecule has 1 amide bonds. The number of nitrogens with zero attached hydrogens (tertiary/aromatic N) is 1. The molecule has 2 aliphatic rings. The third-order valence-electron chi connectivity index (χ3n) is 3.34. The van der Waals surface area contributed by atoms with Crippen LogP contribution in [0.15, 0.2) is 0 Å². The van der Waals surface area contributed by atoms with Crippen LogP contribution in [0.4, 0.5) is 4.79 Å². The Labute approximate surface area is 109 Å². The first kappa shape index (κ1) is 13.6. The highest BCUT2D eigenvalue weighted by Crippen LogP contribution is 2.22. The average Bonchev–Trinajstić information content (AvgIpc) is 2.21. The van der Waals surface area contributed by atoms with E-state index < -0.39 is 5.60 Å². The first-order chi connectivity index (χ1) is 8.47. The molecule has 0 saturated carbocycles.